The summed E-state index contributed by atoms with van der Waals surface area (Å²) in [6, 6.07) is 0. The van der Waals surface area contributed by atoms with E-state index in [-0.39, 0.29) is 5.32 Å². The van der Waals surface area contributed by atoms with E-state index in [4.69, 9.17) is 10.8 Å². The Hall–Kier alpha value is -0.311. The van der Waals surface area contributed by atoms with Crippen LogP contribution >= 0.6 is 0 Å². The zero-order valence-corrected chi connectivity index (χ0v) is 7.42. The van der Waals surface area contributed by atoms with Crippen LogP contribution in [0.1, 0.15) is 6.92 Å². The average Bonchev–Trinajstić information content (AvgIpc) is 1.88. The molecule has 0 bridgehead atoms. The van der Waals surface area contributed by atoms with Gasteiger partial charge >= 0.3 is 67.6 Å². The van der Waals surface area contributed by atoms with E-state index in [1.807, 2.05) is 0 Å². The molecule has 0 saturated carbocycles. The molecule has 0 aliphatic heterocycles. The normalized spacial score (nSPS) is 17.1. The Balaban J connectivity index is 4.38. The van der Waals surface area contributed by atoms with Gasteiger partial charge in [-0.05, 0) is 0 Å². The molecule has 0 fully saturated rings. The molecule has 0 aromatic carbocycles. The van der Waals surface area contributed by atoms with Crippen molar-refractivity contribution in [1.29, 1.82) is 0 Å². The molecule has 0 unspecified atom stereocenters. The van der Waals surface area contributed by atoms with E-state index in [1.165, 1.54) is 6.08 Å². The van der Waals surface area contributed by atoms with Gasteiger partial charge in [0.2, 0.25) is 0 Å². The van der Waals surface area contributed by atoms with Gasteiger partial charge in [-0.25, -0.2) is 0 Å². The summed E-state index contributed by atoms with van der Waals surface area (Å²) in [5, 5.41) is 8.85. The molecule has 0 heterocycles. The topological polar surface area (TPSA) is 63.3 Å². The third kappa shape index (κ3) is 2.14. The summed E-state index contributed by atoms with van der Waals surface area (Å²) in [6.07, 6.45) is 3.09. The minimum absolute atomic E-state index is 0.284. The summed E-state index contributed by atoms with van der Waals surface area (Å²) in [6.45, 7) is 1.74. The summed E-state index contributed by atoms with van der Waals surface area (Å²) < 4.78 is 0. The van der Waals surface area contributed by atoms with Crippen LogP contribution < -0.4 is 5.73 Å². The Morgan fingerprint density at radius 2 is 2.40 bits per heavy atom. The van der Waals surface area contributed by atoms with Gasteiger partial charge < -0.3 is 0 Å². The number of aliphatic carboxylic acids is 1. The van der Waals surface area contributed by atoms with Gasteiger partial charge in [0.05, 0.1) is 0 Å². The molecule has 0 aromatic heterocycles. The first-order valence-electron chi connectivity index (χ1n) is 2.81. The van der Waals surface area contributed by atoms with Crippen LogP contribution in [-0.2, 0) is 4.79 Å². The van der Waals surface area contributed by atoms with Gasteiger partial charge in [-0.3, -0.25) is 0 Å². The van der Waals surface area contributed by atoms with Gasteiger partial charge in [-0.15, -0.1) is 0 Å². The fourth-order valence-electron chi connectivity index (χ4n) is 0.479. The fraction of sp³-hybridized carbons (Fsp3) is 0.500. The van der Waals surface area contributed by atoms with Crippen LogP contribution in [0.5, 0.6) is 0 Å². The van der Waals surface area contributed by atoms with Crippen molar-refractivity contribution in [2.24, 2.45) is 5.73 Å². The number of allylic oxidation sites excluding steroid dienone is 1. The Bertz CT molecular complexity index is 158. The molecule has 4 heteroatoms. The first-order chi connectivity index (χ1) is 4.56. The number of carboxylic acids is 1. The number of nitrogens with two attached hydrogens (primary N) is 1. The van der Waals surface area contributed by atoms with Gasteiger partial charge in [0.25, 0.3) is 0 Å². The van der Waals surface area contributed by atoms with Crippen molar-refractivity contribution in [2.45, 2.75) is 17.8 Å². The zero-order chi connectivity index (χ0) is 8.20. The molecule has 0 amide bonds. The van der Waals surface area contributed by atoms with Crippen LogP contribution in [0.2, 0.25) is 5.32 Å². The van der Waals surface area contributed by atoms with E-state index in [0.717, 1.165) is 0 Å². The first kappa shape index (κ1) is 9.69. The van der Waals surface area contributed by atoms with E-state index >= 15 is 0 Å². The van der Waals surface area contributed by atoms with Crippen LogP contribution in [-0.4, -0.2) is 32.6 Å². The van der Waals surface area contributed by atoms with Crippen molar-refractivity contribution in [3.63, 3.8) is 0 Å². The molecule has 0 aliphatic rings. The van der Waals surface area contributed by atoms with Gasteiger partial charge in [-0.1, -0.05) is 0 Å². The van der Waals surface area contributed by atoms with Crippen molar-refractivity contribution < 1.29 is 9.90 Å². The third-order valence-corrected chi connectivity index (χ3v) is 2.10. The van der Waals surface area contributed by atoms with Gasteiger partial charge in [-0.2, -0.15) is 0 Å². The summed E-state index contributed by atoms with van der Waals surface area (Å²) in [7, 11) is 0. The Labute approximate surface area is 68.1 Å². The number of hydrogen-bond donors (Lipinski definition) is 2. The SMILES string of the molecule is CC=C[C@](N)(C[Se])C(=O)O. The third-order valence-electron chi connectivity index (χ3n) is 1.10. The molecule has 0 aromatic rings. The molecular weight excluding hydrogens is 197 g/mol. The summed E-state index contributed by atoms with van der Waals surface area (Å²) in [4.78, 5) is 10.4. The molecule has 57 valence electrons. The number of hydrogen-bond acceptors (Lipinski definition) is 2. The molecule has 0 aliphatic carbocycles. The predicted octanol–water partition coefficient (Wildman–Crippen LogP) is -0.0686. The molecule has 0 rings (SSSR count). The molecule has 3 nitrogen and oxygen atoms in total. The molecule has 3 N–H and O–H groups in total. The monoisotopic (exact) mass is 208 g/mol. The second-order valence-corrected chi connectivity index (χ2v) is 2.60. The van der Waals surface area contributed by atoms with Crippen LogP contribution in [0.15, 0.2) is 12.2 Å². The summed E-state index contributed by atoms with van der Waals surface area (Å²) in [5.41, 5.74) is 4.21. The number of carboxylic acid groups (broad SMARTS) is 1. The molecule has 1 radical (unpaired) electrons. The quantitative estimate of drug-likeness (QED) is 0.503. The zero-order valence-electron chi connectivity index (χ0n) is 5.70. The van der Waals surface area contributed by atoms with Crippen molar-refractivity contribution in [1.82, 2.24) is 0 Å². The Morgan fingerprint density at radius 3 is 2.50 bits per heavy atom. The van der Waals surface area contributed by atoms with Crippen LogP contribution in [0.3, 0.4) is 0 Å². The average molecular weight is 207 g/mol. The van der Waals surface area contributed by atoms with E-state index in [9.17, 15) is 4.79 Å². The van der Waals surface area contributed by atoms with Crippen LogP contribution in [0.4, 0.5) is 0 Å². The Kier molecular flexibility index (Phi) is 3.64. The molecule has 1 atom stereocenters. The molecule has 10 heavy (non-hydrogen) atoms. The second-order valence-electron chi connectivity index (χ2n) is 1.99. The minimum atomic E-state index is -1.23. The molecule has 0 saturated heterocycles. The first-order valence-corrected chi connectivity index (χ1v) is 4.02. The van der Waals surface area contributed by atoms with Crippen LogP contribution in [0, 0.1) is 0 Å². The summed E-state index contributed by atoms with van der Waals surface area (Å²) in [5.74, 6) is -1.01. The Morgan fingerprint density at radius 1 is 1.90 bits per heavy atom. The maximum absolute atomic E-state index is 10.4. The van der Waals surface area contributed by atoms with E-state index < -0.39 is 11.5 Å². The number of rotatable bonds is 3. The number of carbonyl (C=O) groups is 1. The molecular formula is C6H10NO2Se. The standard InChI is InChI=1S/C6H10NO2Se/c1-2-3-6(7,4-10)5(8)9/h2-3H,4,7H2,1H3,(H,8,9)/t6-/m0/s1. The summed E-state index contributed by atoms with van der Waals surface area (Å²) >= 11 is 2.59. The van der Waals surface area contributed by atoms with E-state index in [1.54, 1.807) is 13.0 Å². The second kappa shape index (κ2) is 3.76. The van der Waals surface area contributed by atoms with E-state index in [2.05, 4.69) is 16.0 Å². The van der Waals surface area contributed by atoms with Gasteiger partial charge in [0.15, 0.2) is 0 Å². The van der Waals surface area contributed by atoms with Crippen LogP contribution in [0.25, 0.3) is 0 Å². The van der Waals surface area contributed by atoms with E-state index in [0.29, 0.717) is 0 Å². The van der Waals surface area contributed by atoms with Crippen molar-refractivity contribution in [3.05, 3.63) is 12.2 Å². The van der Waals surface area contributed by atoms with Gasteiger partial charge in [0.1, 0.15) is 0 Å². The predicted molar refractivity (Wildman–Crippen MR) is 39.9 cm³/mol. The maximum atomic E-state index is 10.4. The molecule has 0 spiro atoms. The van der Waals surface area contributed by atoms with Crippen molar-refractivity contribution in [2.75, 3.05) is 0 Å². The van der Waals surface area contributed by atoms with Gasteiger partial charge in [0, 0.05) is 0 Å². The van der Waals surface area contributed by atoms with Crippen molar-refractivity contribution in [3.8, 4) is 0 Å². The fourth-order valence-corrected chi connectivity index (χ4v) is 0.939. The van der Waals surface area contributed by atoms with Crippen molar-refractivity contribution >= 4 is 22.0 Å².